The first-order valence-corrected chi connectivity index (χ1v) is 12.3. The van der Waals surface area contributed by atoms with Gasteiger partial charge in [0.1, 0.15) is 17.7 Å². The molecule has 0 aromatic heterocycles. The molecule has 188 valence electrons. The van der Waals surface area contributed by atoms with E-state index in [1.165, 1.54) is 47.9 Å². The average Bonchev–Trinajstić information content (AvgIpc) is 3.20. The molecule has 0 saturated carbocycles. The molecule has 11 heteroatoms. The molecule has 2 amide bonds. The smallest absolute Gasteiger partial charge is 0.356 e. The summed E-state index contributed by atoms with van der Waals surface area (Å²) in [7, 11) is 0. The number of hydrogen-bond acceptors (Lipinski definition) is 8. The van der Waals surface area contributed by atoms with E-state index in [9.17, 15) is 29.6 Å². The Bertz CT molecular complexity index is 1230. The number of esters is 1. The molecule has 2 N–H and O–H groups in total. The van der Waals surface area contributed by atoms with E-state index >= 15 is 0 Å². The summed E-state index contributed by atoms with van der Waals surface area (Å²) in [6.45, 7) is 3.92. The summed E-state index contributed by atoms with van der Waals surface area (Å²) in [6, 6.07) is 12.3. The second-order valence-electron chi connectivity index (χ2n) is 8.49. The average molecular weight is 512 g/mol. The van der Waals surface area contributed by atoms with Crippen molar-refractivity contribution in [3.63, 3.8) is 0 Å². The summed E-state index contributed by atoms with van der Waals surface area (Å²) in [6.07, 6.45) is -0.0680. The molecule has 0 radical (unpaired) electrons. The summed E-state index contributed by atoms with van der Waals surface area (Å²) in [4.78, 5) is 50.4. The number of thioether (sulfide) groups is 1. The van der Waals surface area contributed by atoms with E-state index in [-0.39, 0.29) is 29.8 Å². The van der Waals surface area contributed by atoms with Gasteiger partial charge in [-0.1, -0.05) is 30.8 Å². The van der Waals surface area contributed by atoms with Gasteiger partial charge in [0, 0.05) is 29.1 Å². The Morgan fingerprint density at radius 1 is 1.19 bits per heavy atom. The molecular weight excluding hydrogens is 486 g/mol. The van der Waals surface area contributed by atoms with Crippen LogP contribution in [0.4, 0.5) is 5.69 Å². The number of carbonyl (C=O) groups excluding carboxylic acids is 3. The Labute approximate surface area is 211 Å². The minimum absolute atomic E-state index is 0.0766. The predicted molar refractivity (Wildman–Crippen MR) is 132 cm³/mol. The van der Waals surface area contributed by atoms with Crippen LogP contribution in [0.2, 0.25) is 0 Å². The van der Waals surface area contributed by atoms with E-state index in [1.807, 2.05) is 6.92 Å². The molecule has 2 aliphatic rings. The van der Waals surface area contributed by atoms with E-state index in [2.05, 4.69) is 5.32 Å². The molecular formula is C25H25N3O7S. The number of nitro groups is 1. The first-order chi connectivity index (χ1) is 17.2. The van der Waals surface area contributed by atoms with Crippen LogP contribution in [0.1, 0.15) is 41.8 Å². The zero-order chi connectivity index (χ0) is 26.0. The normalized spacial score (nSPS) is 19.4. The highest BCUT2D eigenvalue weighted by Crippen LogP contribution is 2.54. The van der Waals surface area contributed by atoms with Crippen LogP contribution in [-0.4, -0.2) is 50.7 Å². The van der Waals surface area contributed by atoms with Gasteiger partial charge in [0.15, 0.2) is 0 Å². The van der Waals surface area contributed by atoms with Gasteiger partial charge in [0.2, 0.25) is 5.91 Å². The number of amides is 2. The lowest BCUT2D eigenvalue weighted by Gasteiger charge is -2.43. The Morgan fingerprint density at radius 3 is 2.44 bits per heavy atom. The Hall–Kier alpha value is -3.70. The number of fused-ring (bicyclic) bond motifs is 1. The molecule has 0 aliphatic carbocycles. The van der Waals surface area contributed by atoms with Crippen LogP contribution in [0.3, 0.4) is 0 Å². The molecule has 4 rings (SSSR count). The molecule has 2 aromatic carbocycles. The first kappa shape index (κ1) is 25.4. The van der Waals surface area contributed by atoms with Crippen molar-refractivity contribution in [1.82, 2.24) is 10.2 Å². The maximum Gasteiger partial charge on any atom is 0.356 e. The fourth-order valence-electron chi connectivity index (χ4n) is 4.02. The van der Waals surface area contributed by atoms with Crippen LogP contribution in [-0.2, 0) is 20.9 Å². The van der Waals surface area contributed by atoms with Gasteiger partial charge in [-0.05, 0) is 48.7 Å². The van der Waals surface area contributed by atoms with Gasteiger partial charge in [0.25, 0.3) is 11.6 Å². The van der Waals surface area contributed by atoms with Crippen LogP contribution >= 0.6 is 11.8 Å². The summed E-state index contributed by atoms with van der Waals surface area (Å²) < 4.78 is 5.47. The van der Waals surface area contributed by atoms with Gasteiger partial charge in [-0.15, -0.1) is 0 Å². The molecule has 2 aliphatic heterocycles. The number of aliphatic hydroxyl groups is 1. The number of non-ortho nitro benzene ring substituents is 1. The van der Waals surface area contributed by atoms with Gasteiger partial charge in [-0.3, -0.25) is 24.6 Å². The number of benzene rings is 2. The lowest BCUT2D eigenvalue weighted by atomic mass is 9.92. The summed E-state index contributed by atoms with van der Waals surface area (Å²) in [5.41, 5.74) is 1.67. The maximum atomic E-state index is 13.2. The third kappa shape index (κ3) is 4.84. The van der Waals surface area contributed by atoms with Crippen LogP contribution in [0.25, 0.3) is 4.91 Å². The highest BCUT2D eigenvalue weighted by atomic mass is 32.2. The second kappa shape index (κ2) is 10.5. The molecule has 1 saturated heterocycles. The SMILES string of the molecule is CCCNC(=O)c1ccc(C2=C(C(=O)OCc3ccc([N+](=O)[O-])cc3)N3C(=O)[C@H]([C@@H](C)O)[C@H]3S2)cc1. The Balaban J connectivity index is 1.58. The second-order valence-corrected chi connectivity index (χ2v) is 9.62. The van der Waals surface area contributed by atoms with Crippen LogP contribution in [0.5, 0.6) is 0 Å². The number of nitro benzene ring substituents is 1. The summed E-state index contributed by atoms with van der Waals surface area (Å²) in [5.74, 6) is -1.94. The summed E-state index contributed by atoms with van der Waals surface area (Å²) in [5, 5.41) is 23.3. The van der Waals surface area contributed by atoms with Gasteiger partial charge >= 0.3 is 5.97 Å². The van der Waals surface area contributed by atoms with Crippen LogP contribution in [0.15, 0.2) is 54.2 Å². The van der Waals surface area contributed by atoms with Gasteiger partial charge in [0.05, 0.1) is 16.9 Å². The van der Waals surface area contributed by atoms with E-state index in [1.54, 1.807) is 24.3 Å². The number of β-lactam (4-membered cyclic amide) rings is 1. The number of carbonyl (C=O) groups is 3. The number of hydrogen-bond donors (Lipinski definition) is 2. The third-order valence-corrected chi connectivity index (χ3v) is 7.36. The van der Waals surface area contributed by atoms with Crippen molar-refractivity contribution < 1.29 is 29.2 Å². The molecule has 2 aromatic rings. The lowest BCUT2D eigenvalue weighted by molar-refractivity contribution is -0.384. The minimum atomic E-state index is -0.882. The van der Waals surface area contributed by atoms with Crippen molar-refractivity contribution in [1.29, 1.82) is 0 Å². The topological polar surface area (TPSA) is 139 Å². The molecule has 1 fully saturated rings. The fourth-order valence-corrected chi connectivity index (χ4v) is 5.63. The zero-order valence-electron chi connectivity index (χ0n) is 19.7. The zero-order valence-corrected chi connectivity index (χ0v) is 20.5. The number of aliphatic hydroxyl groups excluding tert-OH is 1. The standard InChI is InChI=1S/C25H25N3O7S/c1-3-12-26-22(30)17-8-6-16(7-9-17)21-20(27-23(31)19(14(2)29)24(27)36-21)25(32)35-13-15-4-10-18(11-5-15)28(33)34/h4-11,14,19,24,29H,3,12-13H2,1-2H3,(H,26,30)/t14-,19+,24-/m1/s1. The third-order valence-electron chi connectivity index (χ3n) is 5.95. The van der Waals surface area contributed by atoms with Crippen molar-refractivity contribution in [2.45, 2.75) is 38.4 Å². The number of rotatable bonds is 9. The van der Waals surface area contributed by atoms with Crippen molar-refractivity contribution in [2.75, 3.05) is 6.54 Å². The van der Waals surface area contributed by atoms with Crippen molar-refractivity contribution in [2.24, 2.45) is 5.92 Å². The molecule has 36 heavy (non-hydrogen) atoms. The van der Waals surface area contributed by atoms with E-state index in [0.29, 0.717) is 28.1 Å². The number of ether oxygens (including phenoxy) is 1. The Kier molecular flexibility index (Phi) is 7.41. The van der Waals surface area contributed by atoms with Crippen molar-refractivity contribution in [3.8, 4) is 0 Å². The molecule has 0 spiro atoms. The predicted octanol–water partition coefficient (Wildman–Crippen LogP) is 3.06. The van der Waals surface area contributed by atoms with Crippen molar-refractivity contribution >= 4 is 40.1 Å². The monoisotopic (exact) mass is 511 g/mol. The van der Waals surface area contributed by atoms with Crippen LogP contribution in [0, 0.1) is 16.0 Å². The molecule has 2 heterocycles. The fraction of sp³-hybridized carbons (Fsp3) is 0.320. The quantitative estimate of drug-likeness (QED) is 0.227. The molecule has 0 bridgehead atoms. The Morgan fingerprint density at radius 2 is 1.86 bits per heavy atom. The van der Waals surface area contributed by atoms with E-state index in [4.69, 9.17) is 4.74 Å². The van der Waals surface area contributed by atoms with E-state index < -0.39 is 28.3 Å². The number of nitrogens with zero attached hydrogens (tertiary/aromatic N) is 2. The van der Waals surface area contributed by atoms with Gasteiger partial charge in [-0.25, -0.2) is 4.79 Å². The highest BCUT2D eigenvalue weighted by Gasteiger charge is 2.58. The van der Waals surface area contributed by atoms with Crippen molar-refractivity contribution in [3.05, 3.63) is 81.0 Å². The van der Waals surface area contributed by atoms with Gasteiger partial charge in [-0.2, -0.15) is 0 Å². The maximum absolute atomic E-state index is 13.2. The summed E-state index contributed by atoms with van der Waals surface area (Å²) >= 11 is 1.29. The minimum Gasteiger partial charge on any atom is -0.456 e. The first-order valence-electron chi connectivity index (χ1n) is 11.4. The van der Waals surface area contributed by atoms with Gasteiger partial charge < -0.3 is 15.2 Å². The molecule has 3 atom stereocenters. The molecule has 0 unspecified atom stereocenters. The lowest BCUT2D eigenvalue weighted by Crippen LogP contribution is -2.60. The largest absolute Gasteiger partial charge is 0.456 e. The van der Waals surface area contributed by atoms with Crippen LogP contribution < -0.4 is 5.32 Å². The molecule has 10 nitrogen and oxygen atoms in total. The number of nitrogens with one attached hydrogen (secondary N) is 1. The highest BCUT2D eigenvalue weighted by molar-refractivity contribution is 8.09. The van der Waals surface area contributed by atoms with E-state index in [0.717, 1.165) is 6.42 Å².